The third-order valence-corrected chi connectivity index (χ3v) is 3.76. The Balaban J connectivity index is 2.36. The second-order valence-electron chi connectivity index (χ2n) is 4.96. The number of nitrogens with two attached hydrogens (primary N) is 1. The van der Waals surface area contributed by atoms with Gasteiger partial charge in [-0.3, -0.25) is 4.98 Å². The minimum Gasteiger partial charge on any atom is -0.330 e. The molecule has 1 atom stereocenters. The molecule has 2 nitrogen and oxygen atoms in total. The number of hydrogen-bond donors (Lipinski definition) is 1. The molecule has 0 saturated carbocycles. The first kappa shape index (κ1) is 14.3. The van der Waals surface area contributed by atoms with Crippen LogP contribution < -0.4 is 5.73 Å². The van der Waals surface area contributed by atoms with Crippen LogP contribution in [0.1, 0.15) is 18.1 Å². The van der Waals surface area contributed by atoms with E-state index in [2.05, 4.69) is 11.9 Å². The number of rotatable bonds is 4. The summed E-state index contributed by atoms with van der Waals surface area (Å²) in [6.07, 6.45) is 4.42. The van der Waals surface area contributed by atoms with Crippen molar-refractivity contribution in [2.24, 2.45) is 5.73 Å². The van der Waals surface area contributed by atoms with Gasteiger partial charge < -0.3 is 5.73 Å². The molecule has 4 heteroatoms. The average molecular weight is 295 g/mol. The van der Waals surface area contributed by atoms with Crippen LogP contribution in [0.4, 0.5) is 0 Å². The van der Waals surface area contributed by atoms with Crippen molar-refractivity contribution in [3.8, 4) is 0 Å². The molecule has 0 saturated heterocycles. The number of aromatic nitrogens is 1. The average Bonchev–Trinajstić information content (AvgIpc) is 2.38. The van der Waals surface area contributed by atoms with E-state index in [1.807, 2.05) is 30.5 Å². The maximum Gasteiger partial charge on any atom is 0.0423 e. The van der Waals surface area contributed by atoms with Gasteiger partial charge in [0.25, 0.3) is 0 Å². The van der Waals surface area contributed by atoms with Crippen LogP contribution in [0, 0.1) is 0 Å². The molecule has 1 heterocycles. The summed E-state index contributed by atoms with van der Waals surface area (Å²) in [5, 5.41) is 1.27. The van der Waals surface area contributed by atoms with E-state index in [0.29, 0.717) is 16.6 Å². The fourth-order valence-corrected chi connectivity index (χ4v) is 2.67. The number of nitrogens with zero attached hydrogens (tertiary/aromatic N) is 1. The van der Waals surface area contributed by atoms with Crippen molar-refractivity contribution in [2.45, 2.75) is 18.8 Å². The van der Waals surface area contributed by atoms with Crippen LogP contribution in [-0.4, -0.2) is 11.5 Å². The smallest absolute Gasteiger partial charge is 0.0423 e. The molecule has 100 valence electrons. The molecule has 0 radical (unpaired) electrons. The quantitative estimate of drug-likeness (QED) is 0.930. The standard InChI is InChI=1S/C15H16Cl2N2/c1-15(10-18,8-11-3-2-4-19-9-11)12-5-13(16)7-14(17)6-12/h2-7,9H,8,10,18H2,1H3. The largest absolute Gasteiger partial charge is 0.330 e. The van der Waals surface area contributed by atoms with Crippen LogP contribution >= 0.6 is 23.2 Å². The van der Waals surface area contributed by atoms with Crippen LogP contribution in [0.3, 0.4) is 0 Å². The zero-order valence-corrected chi connectivity index (χ0v) is 12.2. The number of hydrogen-bond acceptors (Lipinski definition) is 2. The highest BCUT2D eigenvalue weighted by Gasteiger charge is 2.26. The Morgan fingerprint density at radius 3 is 2.42 bits per heavy atom. The first-order valence-corrected chi connectivity index (χ1v) is 6.85. The molecule has 1 aromatic heterocycles. The molecule has 0 amide bonds. The zero-order chi connectivity index (χ0) is 13.9. The second-order valence-corrected chi connectivity index (χ2v) is 5.83. The van der Waals surface area contributed by atoms with E-state index in [-0.39, 0.29) is 5.41 Å². The fourth-order valence-electron chi connectivity index (χ4n) is 2.15. The summed E-state index contributed by atoms with van der Waals surface area (Å²) in [5.74, 6) is 0. The predicted molar refractivity (Wildman–Crippen MR) is 80.8 cm³/mol. The second kappa shape index (κ2) is 5.91. The Morgan fingerprint density at radius 1 is 1.21 bits per heavy atom. The van der Waals surface area contributed by atoms with Crippen molar-refractivity contribution >= 4 is 23.2 Å². The van der Waals surface area contributed by atoms with Gasteiger partial charge in [0.05, 0.1) is 0 Å². The lowest BCUT2D eigenvalue weighted by atomic mass is 9.77. The Morgan fingerprint density at radius 2 is 1.89 bits per heavy atom. The SMILES string of the molecule is CC(CN)(Cc1cccnc1)c1cc(Cl)cc(Cl)c1. The molecule has 0 fully saturated rings. The maximum atomic E-state index is 6.08. The van der Waals surface area contributed by atoms with Crippen LogP contribution in [0.15, 0.2) is 42.7 Å². The third-order valence-electron chi connectivity index (χ3n) is 3.33. The van der Waals surface area contributed by atoms with Gasteiger partial charge >= 0.3 is 0 Å². The molecule has 2 aromatic rings. The van der Waals surface area contributed by atoms with Crippen molar-refractivity contribution in [1.82, 2.24) is 4.98 Å². The summed E-state index contributed by atoms with van der Waals surface area (Å²) in [5.41, 5.74) is 7.97. The van der Waals surface area contributed by atoms with Gasteiger partial charge in [0.15, 0.2) is 0 Å². The van der Waals surface area contributed by atoms with Gasteiger partial charge in [-0.15, -0.1) is 0 Å². The molecule has 0 spiro atoms. The number of pyridine rings is 1. The van der Waals surface area contributed by atoms with E-state index < -0.39 is 0 Å². The van der Waals surface area contributed by atoms with Gasteiger partial charge in [-0.2, -0.15) is 0 Å². The fraction of sp³-hybridized carbons (Fsp3) is 0.267. The van der Waals surface area contributed by atoms with Crippen LogP contribution in [0.5, 0.6) is 0 Å². The van der Waals surface area contributed by atoms with Crippen LogP contribution in [0.25, 0.3) is 0 Å². The lowest BCUT2D eigenvalue weighted by Gasteiger charge is -2.29. The van der Waals surface area contributed by atoms with E-state index >= 15 is 0 Å². The maximum absolute atomic E-state index is 6.08. The Kier molecular flexibility index (Phi) is 4.46. The van der Waals surface area contributed by atoms with Gasteiger partial charge in [-0.25, -0.2) is 0 Å². The van der Waals surface area contributed by atoms with Gasteiger partial charge in [-0.1, -0.05) is 36.2 Å². The summed E-state index contributed by atoms with van der Waals surface area (Å²) in [4.78, 5) is 4.14. The van der Waals surface area contributed by atoms with E-state index in [4.69, 9.17) is 28.9 Å². The van der Waals surface area contributed by atoms with Crippen molar-refractivity contribution in [1.29, 1.82) is 0 Å². The zero-order valence-electron chi connectivity index (χ0n) is 10.7. The Bertz CT molecular complexity index is 537. The Labute approximate surface area is 123 Å². The molecular weight excluding hydrogens is 279 g/mol. The molecular formula is C15H16Cl2N2. The van der Waals surface area contributed by atoms with Gasteiger partial charge in [0, 0.05) is 34.4 Å². The topological polar surface area (TPSA) is 38.9 Å². The first-order chi connectivity index (χ1) is 9.03. The van der Waals surface area contributed by atoms with Crippen molar-refractivity contribution in [2.75, 3.05) is 6.54 Å². The first-order valence-electron chi connectivity index (χ1n) is 6.09. The van der Waals surface area contributed by atoms with E-state index in [1.54, 1.807) is 12.3 Å². The summed E-state index contributed by atoms with van der Waals surface area (Å²) in [6.45, 7) is 2.63. The summed E-state index contributed by atoms with van der Waals surface area (Å²) in [7, 11) is 0. The molecule has 2 N–H and O–H groups in total. The predicted octanol–water partition coefficient (Wildman–Crippen LogP) is 3.85. The molecule has 1 aromatic carbocycles. The molecule has 0 aliphatic rings. The molecule has 1 unspecified atom stereocenters. The highest BCUT2D eigenvalue weighted by atomic mass is 35.5. The molecule has 19 heavy (non-hydrogen) atoms. The summed E-state index contributed by atoms with van der Waals surface area (Å²) >= 11 is 12.2. The minimum atomic E-state index is -0.211. The monoisotopic (exact) mass is 294 g/mol. The van der Waals surface area contributed by atoms with Gasteiger partial charge in [-0.05, 0) is 41.8 Å². The van der Waals surface area contributed by atoms with Crippen molar-refractivity contribution in [3.05, 3.63) is 63.9 Å². The van der Waals surface area contributed by atoms with Crippen LogP contribution in [0.2, 0.25) is 10.0 Å². The van der Waals surface area contributed by atoms with E-state index in [1.165, 1.54) is 0 Å². The lowest BCUT2D eigenvalue weighted by molar-refractivity contribution is 0.480. The Hall–Kier alpha value is -1.09. The van der Waals surface area contributed by atoms with Gasteiger partial charge in [0.1, 0.15) is 0 Å². The van der Waals surface area contributed by atoms with Gasteiger partial charge in [0.2, 0.25) is 0 Å². The number of halogens is 2. The molecule has 0 aliphatic carbocycles. The minimum absolute atomic E-state index is 0.211. The lowest BCUT2D eigenvalue weighted by Crippen LogP contribution is -2.34. The molecule has 0 aliphatic heterocycles. The van der Waals surface area contributed by atoms with Crippen molar-refractivity contribution in [3.63, 3.8) is 0 Å². The molecule has 2 rings (SSSR count). The van der Waals surface area contributed by atoms with Crippen molar-refractivity contribution < 1.29 is 0 Å². The highest BCUT2D eigenvalue weighted by Crippen LogP contribution is 2.31. The van der Waals surface area contributed by atoms with E-state index in [0.717, 1.165) is 17.5 Å². The third kappa shape index (κ3) is 3.47. The summed E-state index contributed by atoms with van der Waals surface area (Å²) in [6, 6.07) is 9.56. The highest BCUT2D eigenvalue weighted by molar-refractivity contribution is 6.34. The summed E-state index contributed by atoms with van der Waals surface area (Å²) < 4.78 is 0. The normalized spacial score (nSPS) is 14.1. The van der Waals surface area contributed by atoms with Crippen LogP contribution in [-0.2, 0) is 11.8 Å². The number of benzene rings is 1. The van der Waals surface area contributed by atoms with E-state index in [9.17, 15) is 0 Å². The molecule has 0 bridgehead atoms.